The lowest BCUT2D eigenvalue weighted by Crippen LogP contribution is -2.18. The van der Waals surface area contributed by atoms with E-state index >= 15 is 0 Å². The van der Waals surface area contributed by atoms with Gasteiger partial charge < -0.3 is 14.8 Å². The minimum atomic E-state index is 0.0484. The summed E-state index contributed by atoms with van der Waals surface area (Å²) in [5.74, 6) is 1.33. The number of halogens is 1. The first-order valence-corrected chi connectivity index (χ1v) is 8.06. The molecule has 0 aliphatic rings. The SMILES string of the molecule is CCc1ccsc1C(NC)c1cc(OC)c(OC)cc1Cl. The van der Waals surface area contributed by atoms with Gasteiger partial charge in [0.05, 0.1) is 20.3 Å². The number of aryl methyl sites for hydroxylation is 1. The van der Waals surface area contributed by atoms with E-state index in [2.05, 4.69) is 23.7 Å². The van der Waals surface area contributed by atoms with Gasteiger partial charge in [0.2, 0.25) is 0 Å². The fourth-order valence-corrected chi connectivity index (χ4v) is 3.80. The van der Waals surface area contributed by atoms with Crippen molar-refractivity contribution >= 4 is 22.9 Å². The van der Waals surface area contributed by atoms with Crippen LogP contribution in [-0.2, 0) is 6.42 Å². The number of hydrogen-bond acceptors (Lipinski definition) is 4. The summed E-state index contributed by atoms with van der Waals surface area (Å²) in [5, 5.41) is 6.14. The molecule has 1 atom stereocenters. The van der Waals surface area contributed by atoms with Gasteiger partial charge in [0, 0.05) is 16.0 Å². The Morgan fingerprint density at radius 1 is 1.24 bits per heavy atom. The topological polar surface area (TPSA) is 30.5 Å². The molecule has 1 aromatic carbocycles. The smallest absolute Gasteiger partial charge is 0.162 e. The molecule has 1 N–H and O–H groups in total. The first-order chi connectivity index (χ1) is 10.2. The summed E-state index contributed by atoms with van der Waals surface area (Å²) in [7, 11) is 5.18. The van der Waals surface area contributed by atoms with Crippen LogP contribution in [0.2, 0.25) is 5.02 Å². The van der Waals surface area contributed by atoms with Gasteiger partial charge in [-0.05, 0) is 42.1 Å². The van der Waals surface area contributed by atoms with Gasteiger partial charge in [-0.25, -0.2) is 0 Å². The van der Waals surface area contributed by atoms with E-state index < -0.39 is 0 Å². The molecule has 0 bridgehead atoms. The maximum atomic E-state index is 6.45. The van der Waals surface area contributed by atoms with Crippen LogP contribution in [0.5, 0.6) is 11.5 Å². The van der Waals surface area contributed by atoms with Crippen molar-refractivity contribution in [3.8, 4) is 11.5 Å². The van der Waals surface area contributed by atoms with Gasteiger partial charge in [0.15, 0.2) is 11.5 Å². The van der Waals surface area contributed by atoms with Crippen LogP contribution in [0.4, 0.5) is 0 Å². The standard InChI is InChI=1S/C16H20ClNO2S/c1-5-10-6-7-21-16(10)15(18-2)11-8-13(19-3)14(20-4)9-12(11)17/h6-9,15,18H,5H2,1-4H3. The van der Waals surface area contributed by atoms with Crippen LogP contribution in [0.25, 0.3) is 0 Å². The number of ether oxygens (including phenoxy) is 2. The number of benzene rings is 1. The van der Waals surface area contributed by atoms with Crippen molar-refractivity contribution in [3.63, 3.8) is 0 Å². The van der Waals surface area contributed by atoms with E-state index in [4.69, 9.17) is 21.1 Å². The van der Waals surface area contributed by atoms with E-state index in [0.29, 0.717) is 16.5 Å². The fraction of sp³-hybridized carbons (Fsp3) is 0.375. The zero-order valence-corrected chi connectivity index (χ0v) is 14.3. The van der Waals surface area contributed by atoms with Crippen LogP contribution in [-0.4, -0.2) is 21.3 Å². The van der Waals surface area contributed by atoms with E-state index in [-0.39, 0.29) is 6.04 Å². The molecule has 1 unspecified atom stereocenters. The van der Waals surface area contributed by atoms with Crippen molar-refractivity contribution in [3.05, 3.63) is 44.6 Å². The molecule has 21 heavy (non-hydrogen) atoms. The molecule has 2 rings (SSSR count). The minimum absolute atomic E-state index is 0.0484. The van der Waals surface area contributed by atoms with Gasteiger partial charge in [0.25, 0.3) is 0 Å². The van der Waals surface area contributed by atoms with Gasteiger partial charge in [-0.3, -0.25) is 0 Å². The second-order valence-corrected chi connectivity index (χ2v) is 5.97. The van der Waals surface area contributed by atoms with Crippen molar-refractivity contribution in [2.75, 3.05) is 21.3 Å². The molecule has 2 aromatic rings. The Bertz CT molecular complexity index is 612. The average Bonchev–Trinajstić information content (AvgIpc) is 2.97. The molecule has 0 aliphatic heterocycles. The highest BCUT2D eigenvalue weighted by molar-refractivity contribution is 7.10. The fourth-order valence-electron chi connectivity index (χ4n) is 2.41. The molecule has 0 saturated heterocycles. The molecule has 1 heterocycles. The maximum Gasteiger partial charge on any atom is 0.162 e. The Morgan fingerprint density at radius 2 is 1.90 bits per heavy atom. The normalized spacial score (nSPS) is 12.2. The van der Waals surface area contributed by atoms with Gasteiger partial charge in [-0.15, -0.1) is 11.3 Å². The predicted octanol–water partition coefficient (Wildman–Crippen LogP) is 4.29. The van der Waals surface area contributed by atoms with Gasteiger partial charge in [0.1, 0.15) is 0 Å². The third kappa shape index (κ3) is 3.18. The van der Waals surface area contributed by atoms with E-state index in [1.165, 1.54) is 10.4 Å². The summed E-state index contributed by atoms with van der Waals surface area (Å²) < 4.78 is 10.7. The van der Waals surface area contributed by atoms with Crippen molar-refractivity contribution in [2.24, 2.45) is 0 Å². The van der Waals surface area contributed by atoms with Crippen LogP contribution in [0.3, 0.4) is 0 Å². The molecule has 0 fully saturated rings. The molecule has 0 radical (unpaired) electrons. The summed E-state index contributed by atoms with van der Waals surface area (Å²) in [6.07, 6.45) is 1.00. The number of nitrogens with one attached hydrogen (secondary N) is 1. The number of methoxy groups -OCH3 is 2. The predicted molar refractivity (Wildman–Crippen MR) is 89.2 cm³/mol. The van der Waals surface area contributed by atoms with E-state index in [9.17, 15) is 0 Å². The summed E-state index contributed by atoms with van der Waals surface area (Å²) >= 11 is 8.19. The monoisotopic (exact) mass is 325 g/mol. The first-order valence-electron chi connectivity index (χ1n) is 6.81. The Labute approximate surface area is 134 Å². The Morgan fingerprint density at radius 3 is 2.48 bits per heavy atom. The van der Waals surface area contributed by atoms with Crippen LogP contribution >= 0.6 is 22.9 Å². The molecule has 1 aromatic heterocycles. The molecule has 0 amide bonds. The lowest BCUT2D eigenvalue weighted by molar-refractivity contribution is 0.354. The van der Waals surface area contributed by atoms with Crippen LogP contribution in [0.15, 0.2) is 23.6 Å². The summed E-state index contributed by atoms with van der Waals surface area (Å²) in [5.41, 5.74) is 2.33. The van der Waals surface area contributed by atoms with E-state index in [1.807, 2.05) is 13.1 Å². The highest BCUT2D eigenvalue weighted by Crippen LogP contribution is 2.39. The van der Waals surface area contributed by atoms with Crippen molar-refractivity contribution in [1.29, 1.82) is 0 Å². The van der Waals surface area contributed by atoms with Crippen LogP contribution in [0.1, 0.15) is 29.0 Å². The molecule has 0 aliphatic carbocycles. The quantitative estimate of drug-likeness (QED) is 0.859. The maximum absolute atomic E-state index is 6.45. The Hall–Kier alpha value is -1.23. The van der Waals surface area contributed by atoms with Crippen LogP contribution < -0.4 is 14.8 Å². The number of rotatable bonds is 6. The third-order valence-corrected chi connectivity index (χ3v) is 4.88. The van der Waals surface area contributed by atoms with Crippen LogP contribution in [0, 0.1) is 0 Å². The summed E-state index contributed by atoms with van der Waals surface area (Å²) in [6, 6.07) is 5.96. The molecular formula is C16H20ClNO2S. The van der Waals surface area contributed by atoms with Crippen molar-refractivity contribution < 1.29 is 9.47 Å². The highest BCUT2D eigenvalue weighted by Gasteiger charge is 2.21. The minimum Gasteiger partial charge on any atom is -0.493 e. The Kier molecular flexibility index (Phi) is 5.51. The van der Waals surface area contributed by atoms with Gasteiger partial charge in [-0.2, -0.15) is 0 Å². The first kappa shape index (κ1) is 16.1. The molecule has 114 valence electrons. The Balaban J connectivity index is 2.52. The second-order valence-electron chi connectivity index (χ2n) is 4.61. The molecule has 0 saturated carbocycles. The zero-order chi connectivity index (χ0) is 15.4. The van der Waals surface area contributed by atoms with Gasteiger partial charge in [-0.1, -0.05) is 18.5 Å². The van der Waals surface area contributed by atoms with Crippen molar-refractivity contribution in [1.82, 2.24) is 5.32 Å². The zero-order valence-electron chi connectivity index (χ0n) is 12.7. The summed E-state index contributed by atoms with van der Waals surface area (Å²) in [6.45, 7) is 2.16. The molecular weight excluding hydrogens is 306 g/mol. The van der Waals surface area contributed by atoms with E-state index in [0.717, 1.165) is 12.0 Å². The number of hydrogen-bond donors (Lipinski definition) is 1. The summed E-state index contributed by atoms with van der Waals surface area (Å²) in [4.78, 5) is 1.29. The van der Waals surface area contributed by atoms with Crippen molar-refractivity contribution in [2.45, 2.75) is 19.4 Å². The highest BCUT2D eigenvalue weighted by atomic mass is 35.5. The number of thiophene rings is 1. The second kappa shape index (κ2) is 7.16. The molecule has 5 heteroatoms. The largest absolute Gasteiger partial charge is 0.493 e. The molecule has 3 nitrogen and oxygen atoms in total. The third-order valence-electron chi connectivity index (χ3n) is 3.53. The lowest BCUT2D eigenvalue weighted by Gasteiger charge is -2.20. The van der Waals surface area contributed by atoms with Gasteiger partial charge >= 0.3 is 0 Å². The lowest BCUT2D eigenvalue weighted by atomic mass is 10.0. The van der Waals surface area contributed by atoms with E-state index in [1.54, 1.807) is 31.6 Å². The average molecular weight is 326 g/mol. The molecule has 0 spiro atoms.